The van der Waals surface area contributed by atoms with Crippen molar-refractivity contribution in [2.45, 2.75) is 25.0 Å². The molecule has 1 aliphatic carbocycles. The van der Waals surface area contributed by atoms with Gasteiger partial charge < -0.3 is 15.0 Å². The van der Waals surface area contributed by atoms with E-state index < -0.39 is 0 Å². The van der Waals surface area contributed by atoms with Gasteiger partial charge in [-0.2, -0.15) is 0 Å². The zero-order valence-electron chi connectivity index (χ0n) is 11.3. The minimum absolute atomic E-state index is 0.0209. The van der Waals surface area contributed by atoms with E-state index in [1.165, 1.54) is 0 Å². The number of amides is 2. The van der Waals surface area contributed by atoms with Gasteiger partial charge >= 0.3 is 0 Å². The van der Waals surface area contributed by atoms with Crippen molar-refractivity contribution in [2.75, 3.05) is 39.8 Å². The standard InChI is InChI=1S/C13H21N3O3/c1-14-12(17)8-15-4-5-19-11-7-16(6-10(11)15)13(18)9-2-3-9/h9-11H,2-8H2,1H3,(H,14,17)/t10-,11+/m0/s1. The highest BCUT2D eigenvalue weighted by Gasteiger charge is 2.44. The van der Waals surface area contributed by atoms with Crippen molar-refractivity contribution in [1.82, 2.24) is 15.1 Å². The average Bonchev–Trinajstić information content (AvgIpc) is 3.17. The number of hydrogen-bond acceptors (Lipinski definition) is 4. The van der Waals surface area contributed by atoms with Crippen LogP contribution in [0.4, 0.5) is 0 Å². The van der Waals surface area contributed by atoms with Gasteiger partial charge in [0.2, 0.25) is 11.8 Å². The second-order valence-corrected chi connectivity index (χ2v) is 5.64. The third-order valence-corrected chi connectivity index (χ3v) is 4.28. The second-order valence-electron chi connectivity index (χ2n) is 5.64. The molecule has 0 unspecified atom stereocenters. The Kier molecular flexibility index (Phi) is 3.45. The predicted octanol–water partition coefficient (Wildman–Crippen LogP) is -0.946. The van der Waals surface area contributed by atoms with Gasteiger partial charge in [0.25, 0.3) is 0 Å². The Balaban J connectivity index is 1.63. The number of morpholine rings is 1. The van der Waals surface area contributed by atoms with Crippen LogP contribution in [0.3, 0.4) is 0 Å². The van der Waals surface area contributed by atoms with E-state index in [9.17, 15) is 9.59 Å². The van der Waals surface area contributed by atoms with Crippen LogP contribution in [-0.2, 0) is 14.3 Å². The normalized spacial score (nSPS) is 31.1. The second kappa shape index (κ2) is 5.09. The van der Waals surface area contributed by atoms with E-state index in [0.717, 1.165) is 19.4 Å². The lowest BCUT2D eigenvalue weighted by molar-refractivity contribution is -0.132. The van der Waals surface area contributed by atoms with Crippen LogP contribution >= 0.6 is 0 Å². The zero-order valence-corrected chi connectivity index (χ0v) is 11.3. The predicted molar refractivity (Wildman–Crippen MR) is 68.5 cm³/mol. The summed E-state index contributed by atoms with van der Waals surface area (Å²) in [5.41, 5.74) is 0. The first kappa shape index (κ1) is 12.9. The molecule has 2 atom stereocenters. The van der Waals surface area contributed by atoms with E-state index in [1.807, 2.05) is 4.90 Å². The fourth-order valence-electron chi connectivity index (χ4n) is 2.99. The lowest BCUT2D eigenvalue weighted by Gasteiger charge is -2.35. The number of carbonyl (C=O) groups is 2. The smallest absolute Gasteiger partial charge is 0.233 e. The summed E-state index contributed by atoms with van der Waals surface area (Å²) in [6, 6.07) is 0.175. The summed E-state index contributed by atoms with van der Waals surface area (Å²) in [5, 5.41) is 2.65. The molecule has 3 aliphatic rings. The third-order valence-electron chi connectivity index (χ3n) is 4.28. The van der Waals surface area contributed by atoms with Crippen LogP contribution in [0, 0.1) is 5.92 Å². The Morgan fingerprint density at radius 1 is 1.32 bits per heavy atom. The summed E-state index contributed by atoms with van der Waals surface area (Å²) in [6.45, 7) is 3.19. The van der Waals surface area contributed by atoms with Crippen LogP contribution in [-0.4, -0.2) is 73.6 Å². The van der Waals surface area contributed by atoms with Crippen molar-refractivity contribution in [3.8, 4) is 0 Å². The van der Waals surface area contributed by atoms with E-state index in [1.54, 1.807) is 7.05 Å². The third kappa shape index (κ3) is 2.60. The minimum atomic E-state index is 0.0209. The molecule has 19 heavy (non-hydrogen) atoms. The van der Waals surface area contributed by atoms with Gasteiger partial charge in [-0.1, -0.05) is 0 Å². The number of likely N-dealkylation sites (N-methyl/N-ethyl adjacent to an activating group) is 1. The number of hydrogen-bond donors (Lipinski definition) is 1. The van der Waals surface area contributed by atoms with Gasteiger partial charge in [-0.25, -0.2) is 0 Å². The largest absolute Gasteiger partial charge is 0.373 e. The van der Waals surface area contributed by atoms with Gasteiger partial charge in [0, 0.05) is 32.6 Å². The Labute approximate surface area is 113 Å². The first-order chi connectivity index (χ1) is 9.19. The molecule has 0 aromatic rings. The number of ether oxygens (including phenoxy) is 1. The van der Waals surface area contributed by atoms with Gasteiger partial charge in [0.1, 0.15) is 0 Å². The molecule has 0 aromatic carbocycles. The summed E-state index contributed by atoms with van der Waals surface area (Å²) in [6.07, 6.45) is 2.14. The Morgan fingerprint density at radius 3 is 2.79 bits per heavy atom. The molecule has 2 aliphatic heterocycles. The number of carbonyl (C=O) groups excluding carboxylic acids is 2. The van der Waals surface area contributed by atoms with Gasteiger partial charge in [-0.3, -0.25) is 14.5 Å². The highest BCUT2D eigenvalue weighted by Crippen LogP contribution is 2.33. The molecule has 1 N–H and O–H groups in total. The molecule has 3 fully saturated rings. The number of nitrogens with zero attached hydrogens (tertiary/aromatic N) is 2. The molecule has 6 heteroatoms. The lowest BCUT2D eigenvalue weighted by atomic mass is 10.1. The summed E-state index contributed by atoms with van der Waals surface area (Å²) in [4.78, 5) is 27.7. The average molecular weight is 267 g/mol. The molecule has 106 valence electrons. The van der Waals surface area contributed by atoms with Crippen molar-refractivity contribution < 1.29 is 14.3 Å². The van der Waals surface area contributed by atoms with Gasteiger partial charge in [0.05, 0.1) is 25.3 Å². The first-order valence-corrected chi connectivity index (χ1v) is 7.04. The monoisotopic (exact) mass is 267 g/mol. The highest BCUT2D eigenvalue weighted by atomic mass is 16.5. The molecule has 6 nitrogen and oxygen atoms in total. The zero-order chi connectivity index (χ0) is 13.4. The van der Waals surface area contributed by atoms with E-state index in [4.69, 9.17) is 4.74 Å². The molecule has 0 bridgehead atoms. The molecular weight excluding hydrogens is 246 g/mol. The SMILES string of the molecule is CNC(=O)CN1CCO[C@@H]2CN(C(=O)C3CC3)C[C@@H]21. The van der Waals surface area contributed by atoms with Crippen molar-refractivity contribution in [2.24, 2.45) is 5.92 Å². The Bertz CT molecular complexity index is 383. The molecule has 0 spiro atoms. The summed E-state index contributed by atoms with van der Waals surface area (Å²) >= 11 is 0. The van der Waals surface area contributed by atoms with Crippen molar-refractivity contribution >= 4 is 11.8 Å². The van der Waals surface area contributed by atoms with Crippen LogP contribution < -0.4 is 5.32 Å². The van der Waals surface area contributed by atoms with Crippen molar-refractivity contribution in [3.63, 3.8) is 0 Å². The molecule has 2 saturated heterocycles. The molecule has 0 radical (unpaired) electrons. The van der Waals surface area contributed by atoms with E-state index in [-0.39, 0.29) is 29.9 Å². The molecule has 0 aromatic heterocycles. The van der Waals surface area contributed by atoms with Crippen LogP contribution in [0.15, 0.2) is 0 Å². The Hall–Kier alpha value is -1.14. The quantitative estimate of drug-likeness (QED) is 0.716. The van der Waals surface area contributed by atoms with Crippen LogP contribution in [0.1, 0.15) is 12.8 Å². The van der Waals surface area contributed by atoms with Gasteiger partial charge in [0.15, 0.2) is 0 Å². The topological polar surface area (TPSA) is 61.9 Å². The molecular formula is C13H21N3O3. The molecule has 2 heterocycles. The van der Waals surface area contributed by atoms with E-state index in [2.05, 4.69) is 10.2 Å². The minimum Gasteiger partial charge on any atom is -0.373 e. The summed E-state index contributed by atoms with van der Waals surface area (Å²) < 4.78 is 5.76. The number of rotatable bonds is 3. The van der Waals surface area contributed by atoms with Crippen LogP contribution in [0.25, 0.3) is 0 Å². The maximum atomic E-state index is 12.1. The van der Waals surface area contributed by atoms with Crippen LogP contribution in [0.5, 0.6) is 0 Å². The van der Waals surface area contributed by atoms with E-state index >= 15 is 0 Å². The fourth-order valence-corrected chi connectivity index (χ4v) is 2.99. The Morgan fingerprint density at radius 2 is 2.11 bits per heavy atom. The number of likely N-dealkylation sites (tertiary alicyclic amines) is 1. The molecule has 1 saturated carbocycles. The van der Waals surface area contributed by atoms with Gasteiger partial charge in [-0.15, -0.1) is 0 Å². The fraction of sp³-hybridized carbons (Fsp3) is 0.846. The lowest BCUT2D eigenvalue weighted by Crippen LogP contribution is -2.53. The number of nitrogens with one attached hydrogen (secondary N) is 1. The first-order valence-electron chi connectivity index (χ1n) is 7.04. The van der Waals surface area contributed by atoms with Crippen molar-refractivity contribution in [3.05, 3.63) is 0 Å². The number of fused-ring (bicyclic) bond motifs is 1. The maximum Gasteiger partial charge on any atom is 0.233 e. The summed E-state index contributed by atoms with van der Waals surface area (Å²) in [5.74, 6) is 0.554. The summed E-state index contributed by atoms with van der Waals surface area (Å²) in [7, 11) is 1.65. The van der Waals surface area contributed by atoms with Gasteiger partial charge in [-0.05, 0) is 12.8 Å². The molecule has 3 rings (SSSR count). The molecule has 2 amide bonds. The maximum absolute atomic E-state index is 12.1. The van der Waals surface area contributed by atoms with Crippen molar-refractivity contribution in [1.29, 1.82) is 0 Å². The van der Waals surface area contributed by atoms with E-state index in [0.29, 0.717) is 26.2 Å². The van der Waals surface area contributed by atoms with Crippen LogP contribution in [0.2, 0.25) is 0 Å². The highest BCUT2D eigenvalue weighted by molar-refractivity contribution is 5.81.